The van der Waals surface area contributed by atoms with E-state index in [1.165, 1.54) is 12.1 Å². The summed E-state index contributed by atoms with van der Waals surface area (Å²) in [7, 11) is 0. The van der Waals surface area contributed by atoms with E-state index in [9.17, 15) is 17.6 Å². The van der Waals surface area contributed by atoms with Crippen LogP contribution in [-0.4, -0.2) is 19.1 Å². The lowest BCUT2D eigenvalue weighted by Gasteiger charge is -2.26. The minimum Gasteiger partial charge on any atom is -0.381 e. The molecule has 2 heterocycles. The molecular formula is C19H18ClF4N3. The average molecular weight is 400 g/mol. The van der Waals surface area contributed by atoms with Crippen LogP contribution in [0.5, 0.6) is 0 Å². The quantitative estimate of drug-likeness (QED) is 0.637. The van der Waals surface area contributed by atoms with Crippen LogP contribution in [0.2, 0.25) is 5.02 Å². The van der Waals surface area contributed by atoms with Gasteiger partial charge >= 0.3 is 6.18 Å². The maximum atomic E-state index is 13.9. The molecule has 1 fully saturated rings. The molecule has 1 unspecified atom stereocenters. The first kappa shape index (κ1) is 18.4. The van der Waals surface area contributed by atoms with Crippen molar-refractivity contribution in [2.45, 2.75) is 31.1 Å². The van der Waals surface area contributed by atoms with E-state index in [0.717, 1.165) is 19.0 Å². The third-order valence-corrected chi connectivity index (χ3v) is 5.57. The van der Waals surface area contributed by atoms with Crippen LogP contribution in [0.1, 0.15) is 29.0 Å². The smallest absolute Gasteiger partial charge is 0.381 e. The van der Waals surface area contributed by atoms with Crippen molar-refractivity contribution in [3.8, 4) is 0 Å². The molecule has 0 saturated carbocycles. The van der Waals surface area contributed by atoms with Crippen molar-refractivity contribution >= 4 is 23.0 Å². The monoisotopic (exact) mass is 399 g/mol. The average Bonchev–Trinajstić information content (AvgIpc) is 2.98. The number of hydrogen-bond donors (Lipinski definition) is 3. The van der Waals surface area contributed by atoms with Crippen molar-refractivity contribution < 1.29 is 17.6 Å². The highest BCUT2D eigenvalue weighted by Crippen LogP contribution is 2.47. The molecule has 0 bridgehead atoms. The summed E-state index contributed by atoms with van der Waals surface area (Å²) in [6, 6.07) is 7.11. The van der Waals surface area contributed by atoms with Crippen LogP contribution in [0.15, 0.2) is 30.3 Å². The molecule has 4 rings (SSSR count). The van der Waals surface area contributed by atoms with Gasteiger partial charge in [0.05, 0.1) is 11.3 Å². The van der Waals surface area contributed by atoms with Crippen LogP contribution >= 0.6 is 11.6 Å². The lowest BCUT2D eigenvalue weighted by Crippen LogP contribution is -2.38. The van der Waals surface area contributed by atoms with Gasteiger partial charge in [-0.2, -0.15) is 13.2 Å². The molecule has 2 atom stereocenters. The topological polar surface area (TPSA) is 36.1 Å². The number of rotatable bonds is 3. The van der Waals surface area contributed by atoms with Gasteiger partial charge < -0.3 is 16.0 Å². The summed E-state index contributed by atoms with van der Waals surface area (Å²) in [5.74, 6) is -0.515. The summed E-state index contributed by atoms with van der Waals surface area (Å²) in [6.07, 6.45) is -3.71. The van der Waals surface area contributed by atoms with Crippen molar-refractivity contribution in [3.63, 3.8) is 0 Å². The van der Waals surface area contributed by atoms with Crippen molar-refractivity contribution in [3.05, 3.63) is 57.9 Å². The Kier molecular flexibility index (Phi) is 4.68. The molecule has 27 heavy (non-hydrogen) atoms. The molecule has 2 aliphatic rings. The molecule has 2 aliphatic heterocycles. The van der Waals surface area contributed by atoms with Crippen LogP contribution in [0.25, 0.3) is 0 Å². The van der Waals surface area contributed by atoms with E-state index >= 15 is 0 Å². The molecule has 2 aromatic carbocycles. The number of nitrogens with one attached hydrogen (secondary N) is 3. The van der Waals surface area contributed by atoms with Crippen molar-refractivity contribution in [2.24, 2.45) is 0 Å². The van der Waals surface area contributed by atoms with E-state index in [1.807, 2.05) is 0 Å². The first-order chi connectivity index (χ1) is 12.8. The maximum absolute atomic E-state index is 13.9. The second-order valence-electron chi connectivity index (χ2n) is 6.89. The first-order valence-electron chi connectivity index (χ1n) is 8.74. The third kappa shape index (κ3) is 3.46. The van der Waals surface area contributed by atoms with Gasteiger partial charge in [-0.15, -0.1) is 0 Å². The molecule has 0 aromatic heterocycles. The highest BCUT2D eigenvalue weighted by Gasteiger charge is 2.42. The van der Waals surface area contributed by atoms with Gasteiger partial charge in [-0.25, -0.2) is 4.39 Å². The summed E-state index contributed by atoms with van der Waals surface area (Å²) in [5.41, 5.74) is 0.633. The molecule has 2 aromatic rings. The minimum absolute atomic E-state index is 0.00128. The molecule has 3 nitrogen and oxygen atoms in total. The second kappa shape index (κ2) is 6.87. The predicted molar refractivity (Wildman–Crippen MR) is 97.8 cm³/mol. The largest absolute Gasteiger partial charge is 0.418 e. The summed E-state index contributed by atoms with van der Waals surface area (Å²) >= 11 is 6.01. The van der Waals surface area contributed by atoms with Crippen LogP contribution in [-0.2, 0) is 12.7 Å². The Bertz CT molecular complexity index is 849. The van der Waals surface area contributed by atoms with Gasteiger partial charge in [-0.3, -0.25) is 0 Å². The fourth-order valence-corrected chi connectivity index (χ4v) is 4.11. The van der Waals surface area contributed by atoms with Gasteiger partial charge in [0, 0.05) is 41.3 Å². The molecule has 0 radical (unpaired) electrons. The number of hydrogen-bond acceptors (Lipinski definition) is 3. The van der Waals surface area contributed by atoms with Gasteiger partial charge in [0.2, 0.25) is 0 Å². The number of piperidine rings is 1. The Morgan fingerprint density at radius 1 is 1.22 bits per heavy atom. The molecule has 0 spiro atoms. The fraction of sp³-hybridized carbons (Fsp3) is 0.368. The predicted octanol–water partition coefficient (Wildman–Crippen LogP) is 4.98. The Morgan fingerprint density at radius 3 is 2.78 bits per heavy atom. The van der Waals surface area contributed by atoms with E-state index < -0.39 is 17.6 Å². The third-order valence-electron chi connectivity index (χ3n) is 5.22. The SMILES string of the molecule is Fc1cccc(Cl)c1CNc1cc2c(c(C(F)(F)F)c1)NC1CCNC[C@@H]21. The van der Waals surface area contributed by atoms with Gasteiger partial charge in [0.1, 0.15) is 5.82 Å². The van der Waals surface area contributed by atoms with Crippen LogP contribution in [0, 0.1) is 5.82 Å². The molecule has 0 aliphatic carbocycles. The van der Waals surface area contributed by atoms with Gasteiger partial charge in [-0.05, 0) is 42.8 Å². The molecule has 8 heteroatoms. The molecule has 1 saturated heterocycles. The van der Waals surface area contributed by atoms with E-state index in [1.54, 1.807) is 12.1 Å². The first-order valence-corrected chi connectivity index (χ1v) is 9.11. The number of halogens is 5. The van der Waals surface area contributed by atoms with E-state index in [-0.39, 0.29) is 34.8 Å². The number of anilines is 2. The Balaban J connectivity index is 1.68. The van der Waals surface area contributed by atoms with E-state index in [2.05, 4.69) is 16.0 Å². The van der Waals surface area contributed by atoms with E-state index in [0.29, 0.717) is 17.8 Å². The lowest BCUT2D eigenvalue weighted by molar-refractivity contribution is -0.136. The number of benzene rings is 2. The zero-order valence-electron chi connectivity index (χ0n) is 14.3. The van der Waals surface area contributed by atoms with Gasteiger partial charge in [0.15, 0.2) is 0 Å². The van der Waals surface area contributed by atoms with Gasteiger partial charge in [-0.1, -0.05) is 17.7 Å². The van der Waals surface area contributed by atoms with E-state index in [4.69, 9.17) is 11.6 Å². The minimum atomic E-state index is -4.48. The zero-order chi connectivity index (χ0) is 19.2. The summed E-state index contributed by atoms with van der Waals surface area (Å²) in [6.45, 7) is 1.41. The Morgan fingerprint density at radius 2 is 2.04 bits per heavy atom. The Labute approximate surface area is 159 Å². The maximum Gasteiger partial charge on any atom is 0.418 e. The summed E-state index contributed by atoms with van der Waals surface area (Å²) in [4.78, 5) is 0. The standard InChI is InChI=1S/C19H18ClF4N3/c20-15-2-1-3-16(21)13(15)9-26-10-6-11-12-8-25-5-4-17(12)27-18(11)14(7-10)19(22,23)24/h1-3,6-7,12,17,25-27H,4-5,8-9H2/t12-,17?/m0/s1. The fourth-order valence-electron chi connectivity index (χ4n) is 3.88. The molecule has 3 N–H and O–H groups in total. The highest BCUT2D eigenvalue weighted by molar-refractivity contribution is 6.31. The number of fused-ring (bicyclic) bond motifs is 3. The zero-order valence-corrected chi connectivity index (χ0v) is 15.0. The number of alkyl halides is 3. The van der Waals surface area contributed by atoms with Crippen LogP contribution in [0.4, 0.5) is 28.9 Å². The summed E-state index contributed by atoms with van der Waals surface area (Å²) in [5, 5.41) is 9.44. The normalized spacial score (nSPS) is 21.4. The Hall–Kier alpha value is -1.99. The van der Waals surface area contributed by atoms with Crippen LogP contribution < -0.4 is 16.0 Å². The van der Waals surface area contributed by atoms with Crippen molar-refractivity contribution in [2.75, 3.05) is 23.7 Å². The second-order valence-corrected chi connectivity index (χ2v) is 7.30. The highest BCUT2D eigenvalue weighted by atomic mass is 35.5. The molecule has 0 amide bonds. The molecule has 144 valence electrons. The van der Waals surface area contributed by atoms with Gasteiger partial charge in [0.25, 0.3) is 0 Å². The van der Waals surface area contributed by atoms with Crippen LogP contribution in [0.3, 0.4) is 0 Å². The van der Waals surface area contributed by atoms with Crippen molar-refractivity contribution in [1.29, 1.82) is 0 Å². The molecular weight excluding hydrogens is 382 g/mol. The van der Waals surface area contributed by atoms with Crippen molar-refractivity contribution in [1.82, 2.24) is 5.32 Å². The summed E-state index contributed by atoms with van der Waals surface area (Å²) < 4.78 is 54.8. The lowest BCUT2D eigenvalue weighted by atomic mass is 9.89.